The third-order valence-electron chi connectivity index (χ3n) is 6.12. The molecule has 1 saturated heterocycles. The van der Waals surface area contributed by atoms with Gasteiger partial charge in [0.25, 0.3) is 11.8 Å². The molecule has 2 aromatic carbocycles. The number of nitrogens with zero attached hydrogens (tertiary/aromatic N) is 2. The molecule has 0 atom stereocenters. The van der Waals surface area contributed by atoms with Gasteiger partial charge in [-0.1, -0.05) is 35.9 Å². The van der Waals surface area contributed by atoms with Gasteiger partial charge >= 0.3 is 6.03 Å². The molecule has 8 nitrogen and oxygen atoms in total. The third kappa shape index (κ3) is 4.53. The number of aromatic nitrogens is 1. The zero-order valence-corrected chi connectivity index (χ0v) is 20.0. The van der Waals surface area contributed by atoms with Crippen molar-refractivity contribution in [1.29, 1.82) is 0 Å². The summed E-state index contributed by atoms with van der Waals surface area (Å²) in [5.74, 6) is -0.122. The minimum atomic E-state index is -0.774. The van der Waals surface area contributed by atoms with Gasteiger partial charge < -0.3 is 13.7 Å². The Morgan fingerprint density at radius 2 is 1.86 bits per heavy atom. The van der Waals surface area contributed by atoms with Gasteiger partial charge in [0.1, 0.15) is 23.7 Å². The normalized spacial score (nSPS) is 15.1. The molecule has 0 radical (unpaired) electrons. The first kappa shape index (κ1) is 23.2. The van der Waals surface area contributed by atoms with Crippen LogP contribution in [0.3, 0.4) is 0 Å². The minimum Gasteiger partial charge on any atom is -0.491 e. The average molecular weight is 484 g/mol. The molecule has 36 heavy (non-hydrogen) atoms. The van der Waals surface area contributed by atoms with E-state index in [2.05, 4.69) is 11.4 Å². The van der Waals surface area contributed by atoms with Gasteiger partial charge in [-0.25, -0.2) is 4.79 Å². The van der Waals surface area contributed by atoms with Gasteiger partial charge in [-0.05, 0) is 49.8 Å². The fourth-order valence-corrected chi connectivity index (χ4v) is 4.34. The zero-order chi connectivity index (χ0) is 25.2. The highest BCUT2D eigenvalue weighted by Gasteiger charge is 2.36. The van der Waals surface area contributed by atoms with Crippen LogP contribution in [0, 0.1) is 13.8 Å². The molecule has 0 saturated carbocycles. The second-order valence-electron chi connectivity index (χ2n) is 8.70. The van der Waals surface area contributed by atoms with Crippen molar-refractivity contribution in [1.82, 2.24) is 14.8 Å². The van der Waals surface area contributed by atoms with Crippen LogP contribution in [0.5, 0.6) is 5.75 Å². The van der Waals surface area contributed by atoms with Crippen LogP contribution in [0.4, 0.5) is 4.79 Å². The van der Waals surface area contributed by atoms with Crippen LogP contribution in [-0.4, -0.2) is 33.9 Å². The lowest BCUT2D eigenvalue weighted by Gasteiger charge is -2.25. The number of rotatable bonds is 7. The molecule has 0 aliphatic carbocycles. The van der Waals surface area contributed by atoms with E-state index in [1.165, 1.54) is 17.9 Å². The number of ether oxygens (including phenoxy) is 1. The summed E-state index contributed by atoms with van der Waals surface area (Å²) in [7, 11) is 0. The van der Waals surface area contributed by atoms with Crippen LogP contribution in [0.25, 0.3) is 17.0 Å². The maximum Gasteiger partial charge on any atom is 0.331 e. The van der Waals surface area contributed by atoms with Crippen molar-refractivity contribution in [2.45, 2.75) is 26.9 Å². The lowest BCUT2D eigenvalue weighted by molar-refractivity contribution is -0.130. The number of benzene rings is 2. The van der Waals surface area contributed by atoms with E-state index in [9.17, 15) is 14.4 Å². The Morgan fingerprint density at radius 1 is 1.03 bits per heavy atom. The van der Waals surface area contributed by atoms with Crippen molar-refractivity contribution in [3.63, 3.8) is 0 Å². The number of amides is 4. The number of fused-ring (bicyclic) bond motifs is 1. The van der Waals surface area contributed by atoms with E-state index in [4.69, 9.17) is 9.15 Å². The molecule has 1 aliphatic rings. The van der Waals surface area contributed by atoms with Gasteiger partial charge in [-0.2, -0.15) is 0 Å². The van der Waals surface area contributed by atoms with Gasteiger partial charge in [0, 0.05) is 22.7 Å². The van der Waals surface area contributed by atoms with Gasteiger partial charge in [0.15, 0.2) is 0 Å². The van der Waals surface area contributed by atoms with Crippen LogP contribution >= 0.6 is 0 Å². The predicted octanol–water partition coefficient (Wildman–Crippen LogP) is 4.59. The molecule has 4 aromatic rings. The van der Waals surface area contributed by atoms with Crippen molar-refractivity contribution in [3.05, 3.63) is 95.1 Å². The Kier molecular flexibility index (Phi) is 6.16. The summed E-state index contributed by atoms with van der Waals surface area (Å²) in [5, 5.41) is 3.13. The number of hydrogen-bond acceptors (Lipinski definition) is 5. The Balaban J connectivity index is 1.41. The molecule has 8 heteroatoms. The second-order valence-corrected chi connectivity index (χ2v) is 8.70. The van der Waals surface area contributed by atoms with Crippen LogP contribution < -0.4 is 10.1 Å². The van der Waals surface area contributed by atoms with Crippen molar-refractivity contribution in [2.75, 3.05) is 6.61 Å². The Hall–Kier alpha value is -4.59. The molecule has 5 rings (SSSR count). The summed E-state index contributed by atoms with van der Waals surface area (Å²) < 4.78 is 13.3. The fraction of sp³-hybridized carbons (Fsp3) is 0.179. The van der Waals surface area contributed by atoms with E-state index in [1.54, 1.807) is 12.1 Å². The number of aryl methyl sites for hydroxylation is 2. The predicted molar refractivity (Wildman–Crippen MR) is 134 cm³/mol. The first-order valence-corrected chi connectivity index (χ1v) is 11.6. The molecular weight excluding hydrogens is 458 g/mol. The topological polar surface area (TPSA) is 93.8 Å². The first-order chi connectivity index (χ1) is 17.4. The molecule has 1 N–H and O–H groups in total. The lowest BCUT2D eigenvalue weighted by atomic mass is 10.1. The van der Waals surface area contributed by atoms with E-state index in [0.29, 0.717) is 24.5 Å². The Morgan fingerprint density at radius 3 is 2.64 bits per heavy atom. The number of para-hydroxylation sites is 1. The van der Waals surface area contributed by atoms with E-state index in [-0.39, 0.29) is 12.1 Å². The zero-order valence-electron chi connectivity index (χ0n) is 20.0. The molecule has 0 bridgehead atoms. The number of urea groups is 1. The van der Waals surface area contributed by atoms with E-state index < -0.39 is 17.8 Å². The number of furan rings is 1. The van der Waals surface area contributed by atoms with Crippen molar-refractivity contribution >= 4 is 34.8 Å². The summed E-state index contributed by atoms with van der Waals surface area (Å²) >= 11 is 0. The van der Waals surface area contributed by atoms with Crippen LogP contribution in [0.15, 0.2) is 77.0 Å². The first-order valence-electron chi connectivity index (χ1n) is 11.6. The largest absolute Gasteiger partial charge is 0.491 e. The monoisotopic (exact) mass is 483 g/mol. The maximum atomic E-state index is 13.1. The molecular formula is C28H25N3O5. The molecule has 182 valence electrons. The van der Waals surface area contributed by atoms with Gasteiger partial charge in [-0.15, -0.1) is 0 Å². The standard InChI is InChI=1S/C28H25N3O5/c1-18-9-10-25(19(2)14-18)36-13-11-30-16-20(22-7-3-4-8-24(22)30)15-23-26(32)29-28(34)31(27(23)33)17-21-6-5-12-35-21/h3-10,12,14-16H,11,13,17H2,1-2H3,(H,29,32,34)/b23-15+. The quantitative estimate of drug-likeness (QED) is 0.307. The summed E-state index contributed by atoms with van der Waals surface area (Å²) in [6, 6.07) is 16.4. The highest BCUT2D eigenvalue weighted by Crippen LogP contribution is 2.26. The lowest BCUT2D eigenvalue weighted by Crippen LogP contribution is -2.53. The molecule has 1 fully saturated rings. The van der Waals surface area contributed by atoms with Crippen LogP contribution in [0.2, 0.25) is 0 Å². The SMILES string of the molecule is Cc1ccc(OCCn2cc(/C=C3\C(=O)NC(=O)N(Cc4ccco4)C3=O)c3ccccc32)c(C)c1. The van der Waals surface area contributed by atoms with Gasteiger partial charge in [0.2, 0.25) is 0 Å². The Labute approximate surface area is 207 Å². The molecule has 4 amide bonds. The number of imide groups is 2. The summed E-state index contributed by atoms with van der Waals surface area (Å²) in [6.45, 7) is 5.01. The average Bonchev–Trinajstić information content (AvgIpc) is 3.49. The second kappa shape index (κ2) is 9.58. The van der Waals surface area contributed by atoms with Crippen LogP contribution in [0.1, 0.15) is 22.5 Å². The Bertz CT molecular complexity index is 1500. The van der Waals surface area contributed by atoms with E-state index >= 15 is 0 Å². The molecule has 3 heterocycles. The van der Waals surface area contributed by atoms with Crippen molar-refractivity contribution in [2.24, 2.45) is 0 Å². The molecule has 2 aromatic heterocycles. The highest BCUT2D eigenvalue weighted by molar-refractivity contribution is 6.31. The number of carbonyl (C=O) groups is 3. The summed E-state index contributed by atoms with van der Waals surface area (Å²) in [6.07, 6.45) is 4.88. The summed E-state index contributed by atoms with van der Waals surface area (Å²) in [4.78, 5) is 39.0. The van der Waals surface area contributed by atoms with Crippen LogP contribution in [-0.2, 0) is 22.7 Å². The highest BCUT2D eigenvalue weighted by atomic mass is 16.5. The van der Waals surface area contributed by atoms with Gasteiger partial charge in [0.05, 0.1) is 19.4 Å². The number of barbiturate groups is 1. The van der Waals surface area contributed by atoms with E-state index in [0.717, 1.165) is 27.1 Å². The van der Waals surface area contributed by atoms with Crippen molar-refractivity contribution in [3.8, 4) is 5.75 Å². The number of hydrogen-bond donors (Lipinski definition) is 1. The van der Waals surface area contributed by atoms with E-state index in [1.807, 2.05) is 61.0 Å². The maximum absolute atomic E-state index is 13.1. The molecule has 0 spiro atoms. The number of carbonyl (C=O) groups excluding carboxylic acids is 3. The summed E-state index contributed by atoms with van der Waals surface area (Å²) in [5.41, 5.74) is 3.78. The fourth-order valence-electron chi connectivity index (χ4n) is 4.34. The number of nitrogens with one attached hydrogen (secondary N) is 1. The van der Waals surface area contributed by atoms with Gasteiger partial charge in [-0.3, -0.25) is 19.8 Å². The molecule has 0 unspecified atom stereocenters. The molecule has 1 aliphatic heterocycles. The van der Waals surface area contributed by atoms with Crippen molar-refractivity contribution < 1.29 is 23.5 Å². The smallest absolute Gasteiger partial charge is 0.331 e. The third-order valence-corrected chi connectivity index (χ3v) is 6.12. The minimum absolute atomic E-state index is 0.0696.